The second-order valence-electron chi connectivity index (χ2n) is 6.35. The smallest absolute Gasteiger partial charge is 0.230 e. The Morgan fingerprint density at radius 1 is 1.15 bits per heavy atom. The van der Waals surface area contributed by atoms with Gasteiger partial charge in [0.1, 0.15) is 5.01 Å². The summed E-state index contributed by atoms with van der Waals surface area (Å²) in [6, 6.07) is 3.41. The van der Waals surface area contributed by atoms with E-state index in [2.05, 4.69) is 15.2 Å². The molecule has 0 bridgehead atoms. The molecule has 0 aliphatic carbocycles. The fourth-order valence-corrected chi connectivity index (χ4v) is 3.99. The van der Waals surface area contributed by atoms with E-state index in [1.807, 2.05) is 5.38 Å². The van der Waals surface area contributed by atoms with Crippen LogP contribution in [-0.4, -0.2) is 50.2 Å². The molecule has 146 valence electrons. The number of carbonyl (C=O) groups is 1. The van der Waals surface area contributed by atoms with Crippen LogP contribution in [0.5, 0.6) is 17.2 Å². The van der Waals surface area contributed by atoms with Gasteiger partial charge in [-0.05, 0) is 25.9 Å². The summed E-state index contributed by atoms with van der Waals surface area (Å²) in [5.74, 6) is 1.34. The molecular weight excluding hydrogens is 366 g/mol. The van der Waals surface area contributed by atoms with Crippen LogP contribution in [0.25, 0.3) is 0 Å². The molecular formula is C19H25N3O4S. The Bertz CT molecular complexity index is 762. The minimum absolute atomic E-state index is 0.137. The first-order valence-corrected chi connectivity index (χ1v) is 9.76. The third kappa shape index (κ3) is 4.90. The van der Waals surface area contributed by atoms with Crippen molar-refractivity contribution >= 4 is 22.9 Å². The molecule has 8 heteroatoms. The normalized spacial score (nSPS) is 14.2. The Labute approximate surface area is 163 Å². The summed E-state index contributed by atoms with van der Waals surface area (Å²) in [6.45, 7) is 3.15. The van der Waals surface area contributed by atoms with Gasteiger partial charge in [-0.25, -0.2) is 4.98 Å². The largest absolute Gasteiger partial charge is 0.493 e. The van der Waals surface area contributed by atoms with Gasteiger partial charge in [0, 0.05) is 23.2 Å². The predicted molar refractivity (Wildman–Crippen MR) is 105 cm³/mol. The van der Waals surface area contributed by atoms with Crippen LogP contribution in [0.1, 0.15) is 23.5 Å². The van der Waals surface area contributed by atoms with E-state index in [1.54, 1.807) is 44.8 Å². The van der Waals surface area contributed by atoms with Crippen LogP contribution >= 0.6 is 11.3 Å². The summed E-state index contributed by atoms with van der Waals surface area (Å²) in [5.41, 5.74) is 1.38. The highest BCUT2D eigenvalue weighted by Gasteiger charge is 2.16. The lowest BCUT2D eigenvalue weighted by molar-refractivity contribution is -0.115. The second-order valence-corrected chi connectivity index (χ2v) is 7.30. The third-order valence-electron chi connectivity index (χ3n) is 4.45. The topological polar surface area (TPSA) is 72.9 Å². The average Bonchev–Trinajstić information content (AvgIpc) is 3.33. The van der Waals surface area contributed by atoms with Crippen molar-refractivity contribution in [3.8, 4) is 17.2 Å². The number of methoxy groups -OCH3 is 3. The van der Waals surface area contributed by atoms with Gasteiger partial charge in [0.25, 0.3) is 0 Å². The average molecular weight is 391 g/mol. The molecule has 1 aliphatic heterocycles. The first-order chi connectivity index (χ1) is 13.1. The maximum absolute atomic E-state index is 12.4. The summed E-state index contributed by atoms with van der Waals surface area (Å²) < 4.78 is 15.9. The first kappa shape index (κ1) is 19.4. The molecule has 1 aliphatic rings. The minimum Gasteiger partial charge on any atom is -0.493 e. The number of hydrogen-bond donors (Lipinski definition) is 1. The molecule has 0 unspecified atom stereocenters. The fourth-order valence-electron chi connectivity index (χ4n) is 3.16. The van der Waals surface area contributed by atoms with Gasteiger partial charge in [0.05, 0.1) is 40.0 Å². The molecule has 0 atom stereocenters. The van der Waals surface area contributed by atoms with Gasteiger partial charge in [-0.15, -0.1) is 11.3 Å². The lowest BCUT2D eigenvalue weighted by atomic mass is 10.2. The number of benzene rings is 1. The summed E-state index contributed by atoms with van der Waals surface area (Å²) >= 11 is 1.61. The van der Waals surface area contributed by atoms with Crippen LogP contribution in [0.4, 0.5) is 5.69 Å². The van der Waals surface area contributed by atoms with Crippen LogP contribution in [0, 0.1) is 0 Å². The first-order valence-electron chi connectivity index (χ1n) is 8.88. The molecule has 1 saturated heterocycles. The van der Waals surface area contributed by atoms with Crippen LogP contribution in [0.2, 0.25) is 0 Å². The number of amides is 1. The van der Waals surface area contributed by atoms with Crippen LogP contribution < -0.4 is 19.5 Å². The van der Waals surface area contributed by atoms with E-state index in [0.717, 1.165) is 30.3 Å². The molecule has 1 N–H and O–H groups in total. The number of rotatable bonds is 8. The van der Waals surface area contributed by atoms with E-state index < -0.39 is 0 Å². The van der Waals surface area contributed by atoms with Crippen molar-refractivity contribution in [2.45, 2.75) is 25.8 Å². The van der Waals surface area contributed by atoms with Crippen molar-refractivity contribution in [2.75, 3.05) is 39.7 Å². The number of likely N-dealkylation sites (tertiary alicyclic amines) is 1. The molecule has 0 spiro atoms. The van der Waals surface area contributed by atoms with E-state index in [1.165, 1.54) is 12.8 Å². The molecule has 27 heavy (non-hydrogen) atoms. The van der Waals surface area contributed by atoms with E-state index in [4.69, 9.17) is 14.2 Å². The molecule has 1 fully saturated rings. The van der Waals surface area contributed by atoms with Gasteiger partial charge in [0.15, 0.2) is 11.5 Å². The fraction of sp³-hybridized carbons (Fsp3) is 0.474. The monoisotopic (exact) mass is 391 g/mol. The quantitative estimate of drug-likeness (QED) is 0.746. The molecule has 1 aromatic heterocycles. The zero-order chi connectivity index (χ0) is 19.2. The zero-order valence-corrected chi connectivity index (χ0v) is 16.7. The minimum atomic E-state index is -0.137. The lowest BCUT2D eigenvalue weighted by Gasteiger charge is -2.14. The van der Waals surface area contributed by atoms with E-state index >= 15 is 0 Å². The van der Waals surface area contributed by atoms with Gasteiger partial charge < -0.3 is 19.5 Å². The van der Waals surface area contributed by atoms with Gasteiger partial charge in [0.2, 0.25) is 11.7 Å². The second kappa shape index (κ2) is 9.05. The Hall–Kier alpha value is -2.32. The van der Waals surface area contributed by atoms with Crippen LogP contribution in [0.15, 0.2) is 17.5 Å². The number of aromatic nitrogens is 1. The molecule has 0 saturated carbocycles. The Kier molecular flexibility index (Phi) is 6.52. The molecule has 7 nitrogen and oxygen atoms in total. The molecule has 0 radical (unpaired) electrons. The van der Waals surface area contributed by atoms with E-state index in [0.29, 0.717) is 22.9 Å². The number of nitrogens with one attached hydrogen (secondary N) is 1. The Morgan fingerprint density at radius 2 is 1.81 bits per heavy atom. The van der Waals surface area contributed by atoms with Crippen molar-refractivity contribution in [2.24, 2.45) is 0 Å². The van der Waals surface area contributed by atoms with Crippen molar-refractivity contribution in [3.05, 3.63) is 28.2 Å². The van der Waals surface area contributed by atoms with Crippen molar-refractivity contribution < 1.29 is 19.0 Å². The van der Waals surface area contributed by atoms with Gasteiger partial charge in [-0.1, -0.05) is 0 Å². The van der Waals surface area contributed by atoms with Gasteiger partial charge >= 0.3 is 0 Å². The maximum atomic E-state index is 12.4. The van der Waals surface area contributed by atoms with Crippen LogP contribution in [-0.2, 0) is 17.8 Å². The zero-order valence-electron chi connectivity index (χ0n) is 15.9. The van der Waals surface area contributed by atoms with E-state index in [-0.39, 0.29) is 12.3 Å². The summed E-state index contributed by atoms with van der Waals surface area (Å²) in [6.07, 6.45) is 2.75. The van der Waals surface area contributed by atoms with Crippen molar-refractivity contribution in [1.29, 1.82) is 0 Å². The SMILES string of the molecule is COc1cc(NC(=O)Cc2csc(CN3CCCC3)n2)cc(OC)c1OC. The molecule has 3 rings (SSSR count). The summed E-state index contributed by atoms with van der Waals surface area (Å²) in [4.78, 5) is 19.4. The summed E-state index contributed by atoms with van der Waals surface area (Å²) in [7, 11) is 4.63. The highest BCUT2D eigenvalue weighted by molar-refractivity contribution is 7.09. The predicted octanol–water partition coefficient (Wildman–Crippen LogP) is 2.95. The number of carbonyl (C=O) groups excluding carboxylic acids is 1. The van der Waals surface area contributed by atoms with Crippen molar-refractivity contribution in [1.82, 2.24) is 9.88 Å². The molecule has 2 heterocycles. The Morgan fingerprint density at radius 3 is 2.41 bits per heavy atom. The van der Waals surface area contributed by atoms with Crippen molar-refractivity contribution in [3.63, 3.8) is 0 Å². The Balaban J connectivity index is 1.63. The lowest BCUT2D eigenvalue weighted by Crippen LogP contribution is -2.18. The number of nitrogens with zero attached hydrogens (tertiary/aromatic N) is 2. The van der Waals surface area contributed by atoms with Gasteiger partial charge in [-0.3, -0.25) is 9.69 Å². The third-order valence-corrected chi connectivity index (χ3v) is 5.33. The van der Waals surface area contributed by atoms with Gasteiger partial charge in [-0.2, -0.15) is 0 Å². The summed E-state index contributed by atoms with van der Waals surface area (Å²) in [5, 5.41) is 5.89. The highest BCUT2D eigenvalue weighted by atomic mass is 32.1. The number of anilines is 1. The molecule has 1 amide bonds. The van der Waals surface area contributed by atoms with E-state index in [9.17, 15) is 4.79 Å². The number of ether oxygens (including phenoxy) is 3. The molecule has 1 aromatic carbocycles. The maximum Gasteiger partial charge on any atom is 0.230 e. The van der Waals surface area contributed by atoms with Crippen LogP contribution in [0.3, 0.4) is 0 Å². The number of hydrogen-bond acceptors (Lipinski definition) is 7. The highest BCUT2D eigenvalue weighted by Crippen LogP contribution is 2.39. The molecule has 2 aromatic rings. The standard InChI is InChI=1S/C19H25N3O4S/c1-24-15-8-13(9-16(25-2)19(15)26-3)20-17(23)10-14-12-27-18(21-14)11-22-6-4-5-7-22/h8-9,12H,4-7,10-11H2,1-3H3,(H,20,23). The number of thiazole rings is 1.